The molecule has 0 radical (unpaired) electrons. The fourth-order valence-corrected chi connectivity index (χ4v) is 3.37. The van der Waals surface area contributed by atoms with Crippen LogP contribution in [0, 0.1) is 11.6 Å². The van der Waals surface area contributed by atoms with Gasteiger partial charge in [0.15, 0.2) is 5.06 Å². The minimum atomic E-state index is -0.660. The Morgan fingerprint density at radius 3 is 2.88 bits per heavy atom. The number of hydrogen-bond donors (Lipinski definition) is 0. The van der Waals surface area contributed by atoms with E-state index >= 15 is 0 Å². The highest BCUT2D eigenvalue weighted by molar-refractivity contribution is 7.12. The van der Waals surface area contributed by atoms with Crippen LogP contribution in [0.5, 0.6) is 5.06 Å². The summed E-state index contributed by atoms with van der Waals surface area (Å²) in [7, 11) is 0. The van der Waals surface area contributed by atoms with E-state index in [1.165, 1.54) is 23.8 Å². The van der Waals surface area contributed by atoms with Crippen LogP contribution in [0.25, 0.3) is 0 Å². The molecular formula is C18H19F2NO2S. The zero-order valence-corrected chi connectivity index (χ0v) is 14.2. The molecular weight excluding hydrogens is 332 g/mol. The summed E-state index contributed by atoms with van der Waals surface area (Å²) >= 11 is 1.58. The van der Waals surface area contributed by atoms with Gasteiger partial charge in [0.1, 0.15) is 23.8 Å². The van der Waals surface area contributed by atoms with E-state index in [2.05, 4.69) is 23.4 Å². The first-order chi connectivity index (χ1) is 11.7. The number of halogens is 2. The summed E-state index contributed by atoms with van der Waals surface area (Å²) in [5.41, 5.74) is 1.10. The number of aryl methyl sites for hydroxylation is 1. The predicted octanol–water partition coefficient (Wildman–Crippen LogP) is 4.59. The Balaban J connectivity index is 1.54. The number of aliphatic imine (C=N–C) groups is 1. The Hall–Kier alpha value is -1.95. The van der Waals surface area contributed by atoms with Gasteiger partial charge in [-0.25, -0.2) is 13.8 Å². The van der Waals surface area contributed by atoms with Crippen molar-refractivity contribution in [2.75, 3.05) is 13.2 Å². The molecule has 1 unspecified atom stereocenters. The molecule has 1 aromatic heterocycles. The fraction of sp³-hybridized carbons (Fsp3) is 0.389. The number of rotatable bonds is 7. The molecule has 1 atom stereocenters. The maximum atomic E-state index is 13.7. The summed E-state index contributed by atoms with van der Waals surface area (Å²) in [6, 6.07) is 5.64. The van der Waals surface area contributed by atoms with Crippen molar-refractivity contribution in [3.05, 3.63) is 52.4 Å². The second kappa shape index (κ2) is 7.75. The van der Waals surface area contributed by atoms with Crippen molar-refractivity contribution in [1.29, 1.82) is 0 Å². The first kappa shape index (κ1) is 16.9. The van der Waals surface area contributed by atoms with Crippen LogP contribution in [-0.2, 0) is 11.2 Å². The van der Waals surface area contributed by atoms with E-state index < -0.39 is 11.6 Å². The summed E-state index contributed by atoms with van der Waals surface area (Å²) < 4.78 is 38.6. The van der Waals surface area contributed by atoms with E-state index in [9.17, 15) is 8.78 Å². The van der Waals surface area contributed by atoms with Crippen molar-refractivity contribution < 1.29 is 18.3 Å². The Morgan fingerprint density at radius 2 is 2.12 bits per heavy atom. The molecule has 0 fully saturated rings. The molecule has 0 bridgehead atoms. The number of thiophene rings is 1. The second-order valence-corrected chi connectivity index (χ2v) is 6.53. The summed E-state index contributed by atoms with van der Waals surface area (Å²) in [5.74, 6) is -1.28. The molecule has 0 spiro atoms. The molecule has 0 N–H and O–H groups in total. The van der Waals surface area contributed by atoms with Crippen LogP contribution in [-0.4, -0.2) is 25.2 Å². The normalized spacial score (nSPS) is 16.8. The van der Waals surface area contributed by atoms with Crippen molar-refractivity contribution in [1.82, 2.24) is 0 Å². The SMILES string of the molecule is CCCc1csc(OCCC2COC(c3c(F)cccc3F)=N2)c1. The molecule has 1 aliphatic rings. The fourth-order valence-electron chi connectivity index (χ4n) is 2.55. The first-order valence-corrected chi connectivity index (χ1v) is 8.90. The minimum absolute atomic E-state index is 0.0388. The van der Waals surface area contributed by atoms with Gasteiger partial charge in [0.2, 0.25) is 5.90 Å². The number of nitrogens with zero attached hydrogens (tertiary/aromatic N) is 1. The van der Waals surface area contributed by atoms with E-state index in [4.69, 9.17) is 9.47 Å². The number of ether oxygens (including phenoxy) is 2. The van der Waals surface area contributed by atoms with Crippen LogP contribution in [0.15, 0.2) is 34.6 Å². The van der Waals surface area contributed by atoms with Gasteiger partial charge in [-0.3, -0.25) is 0 Å². The highest BCUT2D eigenvalue weighted by Gasteiger charge is 2.25. The molecule has 2 heterocycles. The molecule has 1 aromatic carbocycles. The van der Waals surface area contributed by atoms with Gasteiger partial charge in [-0.15, -0.1) is 11.3 Å². The molecule has 0 saturated carbocycles. The van der Waals surface area contributed by atoms with Gasteiger partial charge in [-0.2, -0.15) is 0 Å². The zero-order chi connectivity index (χ0) is 16.9. The monoisotopic (exact) mass is 351 g/mol. The van der Waals surface area contributed by atoms with E-state index in [0.717, 1.165) is 17.9 Å². The smallest absolute Gasteiger partial charge is 0.222 e. The van der Waals surface area contributed by atoms with Gasteiger partial charge in [-0.05, 0) is 35.6 Å². The maximum absolute atomic E-state index is 13.7. The van der Waals surface area contributed by atoms with Gasteiger partial charge in [0, 0.05) is 6.42 Å². The van der Waals surface area contributed by atoms with Crippen LogP contribution in [0.3, 0.4) is 0 Å². The average molecular weight is 351 g/mol. The van der Waals surface area contributed by atoms with Gasteiger partial charge < -0.3 is 9.47 Å². The minimum Gasteiger partial charge on any atom is -0.484 e. The van der Waals surface area contributed by atoms with Crippen LogP contribution in [0.1, 0.15) is 30.9 Å². The van der Waals surface area contributed by atoms with Gasteiger partial charge >= 0.3 is 0 Å². The van der Waals surface area contributed by atoms with Crippen molar-refractivity contribution >= 4 is 17.2 Å². The number of benzene rings is 1. The van der Waals surface area contributed by atoms with Crippen LogP contribution >= 0.6 is 11.3 Å². The largest absolute Gasteiger partial charge is 0.484 e. The Bertz CT molecular complexity index is 709. The third-order valence-corrected chi connectivity index (χ3v) is 4.64. The van der Waals surface area contributed by atoms with Crippen LogP contribution < -0.4 is 4.74 Å². The molecule has 3 rings (SSSR count). The quantitative estimate of drug-likeness (QED) is 0.730. The topological polar surface area (TPSA) is 30.8 Å². The van der Waals surface area contributed by atoms with Gasteiger partial charge in [0.05, 0.1) is 12.6 Å². The highest BCUT2D eigenvalue weighted by Crippen LogP contribution is 2.25. The molecule has 2 aromatic rings. The summed E-state index contributed by atoms with van der Waals surface area (Å²) in [6.07, 6.45) is 2.80. The summed E-state index contributed by atoms with van der Waals surface area (Å²) in [6.45, 7) is 2.96. The van der Waals surface area contributed by atoms with Crippen molar-refractivity contribution in [3.8, 4) is 5.06 Å². The third kappa shape index (κ3) is 3.93. The average Bonchev–Trinajstić information content (AvgIpc) is 3.18. The van der Waals surface area contributed by atoms with Crippen molar-refractivity contribution in [2.45, 2.75) is 32.2 Å². The highest BCUT2D eigenvalue weighted by atomic mass is 32.1. The standard InChI is InChI=1S/C18H19F2NO2S/c1-2-4-12-9-16(24-11-12)22-8-7-13-10-23-18(21-13)17-14(19)5-3-6-15(17)20/h3,5-6,9,11,13H,2,4,7-8,10H2,1H3. The van der Waals surface area contributed by atoms with Crippen molar-refractivity contribution in [2.24, 2.45) is 4.99 Å². The third-order valence-electron chi connectivity index (χ3n) is 3.75. The van der Waals surface area contributed by atoms with Gasteiger partial charge in [-0.1, -0.05) is 19.4 Å². The molecule has 128 valence electrons. The van der Waals surface area contributed by atoms with E-state index in [1.54, 1.807) is 11.3 Å². The lowest BCUT2D eigenvalue weighted by Gasteiger charge is -2.05. The molecule has 0 amide bonds. The summed E-state index contributed by atoms with van der Waals surface area (Å²) in [4.78, 5) is 4.28. The van der Waals surface area contributed by atoms with E-state index in [1.807, 2.05) is 0 Å². The lowest BCUT2D eigenvalue weighted by molar-refractivity contribution is 0.268. The Kier molecular flexibility index (Phi) is 5.45. The van der Waals surface area contributed by atoms with Crippen LogP contribution in [0.2, 0.25) is 0 Å². The Labute approximate surface area is 143 Å². The lowest BCUT2D eigenvalue weighted by atomic mass is 10.2. The second-order valence-electron chi connectivity index (χ2n) is 5.66. The Morgan fingerprint density at radius 1 is 1.33 bits per heavy atom. The number of hydrogen-bond acceptors (Lipinski definition) is 4. The molecule has 0 saturated heterocycles. The lowest BCUT2D eigenvalue weighted by Crippen LogP contribution is -2.11. The molecule has 6 heteroatoms. The van der Waals surface area contributed by atoms with Gasteiger partial charge in [0.25, 0.3) is 0 Å². The molecule has 24 heavy (non-hydrogen) atoms. The first-order valence-electron chi connectivity index (χ1n) is 8.02. The molecule has 0 aliphatic carbocycles. The zero-order valence-electron chi connectivity index (χ0n) is 13.4. The summed E-state index contributed by atoms with van der Waals surface area (Å²) in [5, 5.41) is 3.00. The maximum Gasteiger partial charge on any atom is 0.222 e. The molecule has 3 nitrogen and oxygen atoms in total. The van der Waals surface area contributed by atoms with Crippen LogP contribution in [0.4, 0.5) is 8.78 Å². The van der Waals surface area contributed by atoms with Crippen molar-refractivity contribution in [3.63, 3.8) is 0 Å². The van der Waals surface area contributed by atoms with E-state index in [-0.39, 0.29) is 17.5 Å². The molecule has 1 aliphatic heterocycles. The van der Waals surface area contributed by atoms with E-state index in [0.29, 0.717) is 19.6 Å². The predicted molar refractivity (Wildman–Crippen MR) is 91.1 cm³/mol.